The van der Waals surface area contributed by atoms with E-state index in [1.165, 1.54) is 4.90 Å². The van der Waals surface area contributed by atoms with Crippen LogP contribution in [0.5, 0.6) is 0 Å². The van der Waals surface area contributed by atoms with Crippen molar-refractivity contribution in [2.75, 3.05) is 0 Å². The summed E-state index contributed by atoms with van der Waals surface area (Å²) in [7, 11) is 0. The number of aliphatic carboxylic acids is 1. The van der Waals surface area contributed by atoms with E-state index < -0.39 is 12.0 Å². The third kappa shape index (κ3) is 4.43. The van der Waals surface area contributed by atoms with E-state index in [2.05, 4.69) is 15.9 Å². The highest BCUT2D eigenvalue weighted by Crippen LogP contribution is 2.35. The van der Waals surface area contributed by atoms with Gasteiger partial charge in [-0.15, -0.1) is 0 Å². The van der Waals surface area contributed by atoms with Gasteiger partial charge in [-0.25, -0.2) is 0 Å². The summed E-state index contributed by atoms with van der Waals surface area (Å²) in [5.74, 6) is -1.55. The molecule has 1 aromatic carbocycles. The summed E-state index contributed by atoms with van der Waals surface area (Å²) in [6, 6.07) is 6.45. The summed E-state index contributed by atoms with van der Waals surface area (Å²) in [6.07, 6.45) is 2.02. The summed E-state index contributed by atoms with van der Waals surface area (Å²) < 4.78 is 1.15. The Morgan fingerprint density at radius 1 is 1.48 bits per heavy atom. The fourth-order valence-electron chi connectivity index (χ4n) is 2.25. The van der Waals surface area contributed by atoms with E-state index in [1.54, 1.807) is 6.08 Å². The number of carboxylic acids is 1. The molecule has 0 aliphatic carbocycles. The first-order valence-corrected chi connectivity index (χ1v) is 9.05. The van der Waals surface area contributed by atoms with E-state index in [-0.39, 0.29) is 16.1 Å². The topological polar surface area (TPSA) is 60.4 Å². The van der Waals surface area contributed by atoms with Crippen LogP contribution in [0.4, 0.5) is 0 Å². The van der Waals surface area contributed by atoms with Gasteiger partial charge in [0.2, 0.25) is 0 Å². The first-order chi connectivity index (χ1) is 10.8. The summed E-state index contributed by atoms with van der Waals surface area (Å²) in [5, 5.41) is 11.4. The number of benzene rings is 1. The zero-order chi connectivity index (χ0) is 17.1. The molecule has 1 aliphatic heterocycles. The van der Waals surface area contributed by atoms with Gasteiger partial charge in [0.05, 0.1) is 16.9 Å². The summed E-state index contributed by atoms with van der Waals surface area (Å²) in [6.45, 7) is 3.79. The number of hydrogen-bond donors (Lipinski definition) is 0. The molecule has 1 aromatic rings. The monoisotopic (exact) mass is 412 g/mol. The maximum absolute atomic E-state index is 12.6. The Bertz CT molecular complexity index is 688. The maximum atomic E-state index is 12.6. The average molecular weight is 413 g/mol. The molecular formula is C16H15BrNO3S2-. The number of amides is 1. The van der Waals surface area contributed by atoms with Crippen molar-refractivity contribution in [3.8, 4) is 0 Å². The Morgan fingerprint density at radius 2 is 2.17 bits per heavy atom. The molecule has 0 bridgehead atoms. The Labute approximate surface area is 153 Å². The van der Waals surface area contributed by atoms with E-state index in [0.29, 0.717) is 11.3 Å². The second-order valence-electron chi connectivity index (χ2n) is 5.57. The van der Waals surface area contributed by atoms with E-state index >= 15 is 0 Å². The molecule has 23 heavy (non-hydrogen) atoms. The van der Waals surface area contributed by atoms with Crippen molar-refractivity contribution in [1.29, 1.82) is 0 Å². The van der Waals surface area contributed by atoms with Crippen molar-refractivity contribution in [3.05, 3.63) is 39.2 Å². The molecule has 0 aromatic heterocycles. The van der Waals surface area contributed by atoms with Gasteiger partial charge in [-0.3, -0.25) is 9.69 Å². The highest BCUT2D eigenvalue weighted by atomic mass is 79.9. The smallest absolute Gasteiger partial charge is 0.266 e. The molecule has 0 spiro atoms. The molecule has 0 radical (unpaired) electrons. The van der Waals surface area contributed by atoms with E-state index in [4.69, 9.17) is 12.2 Å². The van der Waals surface area contributed by atoms with Crippen LogP contribution in [0.25, 0.3) is 6.08 Å². The highest BCUT2D eigenvalue weighted by Gasteiger charge is 2.37. The van der Waals surface area contributed by atoms with Crippen molar-refractivity contribution in [2.24, 2.45) is 5.92 Å². The predicted octanol–water partition coefficient (Wildman–Crippen LogP) is 2.81. The second-order valence-corrected chi connectivity index (χ2v) is 8.16. The first-order valence-electron chi connectivity index (χ1n) is 7.03. The zero-order valence-corrected chi connectivity index (χ0v) is 15.8. The van der Waals surface area contributed by atoms with Crippen molar-refractivity contribution < 1.29 is 14.7 Å². The second kappa shape index (κ2) is 7.59. The van der Waals surface area contributed by atoms with Crippen LogP contribution < -0.4 is 5.11 Å². The number of hydrogen-bond acceptors (Lipinski definition) is 5. The van der Waals surface area contributed by atoms with Crippen LogP contribution in [0.2, 0.25) is 0 Å². The molecule has 1 fully saturated rings. The maximum Gasteiger partial charge on any atom is 0.266 e. The SMILES string of the molecule is CC(C)C[C@H](C(=O)[O-])N1C(=O)/C(=C/c2cccc(Br)c2)SC1=S. The van der Waals surface area contributed by atoms with E-state index in [9.17, 15) is 14.7 Å². The number of carboxylic acid groups (broad SMARTS) is 1. The molecule has 1 amide bonds. The molecular weight excluding hydrogens is 398 g/mol. The van der Waals surface area contributed by atoms with Gasteiger partial charge in [0, 0.05) is 4.47 Å². The molecule has 122 valence electrons. The van der Waals surface area contributed by atoms with Gasteiger partial charge in [-0.05, 0) is 36.1 Å². The Kier molecular flexibility index (Phi) is 6.00. The van der Waals surface area contributed by atoms with Gasteiger partial charge in [-0.2, -0.15) is 0 Å². The third-order valence-electron chi connectivity index (χ3n) is 3.25. The molecule has 7 heteroatoms. The Hall–Kier alpha value is -1.18. The molecule has 0 unspecified atom stereocenters. The molecule has 1 atom stereocenters. The van der Waals surface area contributed by atoms with Crippen LogP contribution in [0.15, 0.2) is 33.6 Å². The van der Waals surface area contributed by atoms with Gasteiger partial charge in [-0.1, -0.05) is 65.9 Å². The van der Waals surface area contributed by atoms with Crippen LogP contribution in [0, 0.1) is 5.92 Å². The Morgan fingerprint density at radius 3 is 2.74 bits per heavy atom. The van der Waals surface area contributed by atoms with Crippen LogP contribution in [0.3, 0.4) is 0 Å². The van der Waals surface area contributed by atoms with Gasteiger partial charge in [0.15, 0.2) is 0 Å². The standard InChI is InChI=1S/C16H16BrNO3S2/c1-9(2)6-12(15(20)21)18-14(19)13(23-16(18)22)8-10-4-3-5-11(17)7-10/h3-5,7-9,12H,6H2,1-2H3,(H,20,21)/p-1/b13-8-/t12-/m1/s1. The number of carbonyl (C=O) groups excluding carboxylic acids is 2. The van der Waals surface area contributed by atoms with Crippen molar-refractivity contribution in [3.63, 3.8) is 0 Å². The summed E-state index contributed by atoms with van der Waals surface area (Å²) in [5.41, 5.74) is 0.841. The molecule has 2 rings (SSSR count). The van der Waals surface area contributed by atoms with Gasteiger partial charge in [0.1, 0.15) is 4.32 Å². The molecule has 1 heterocycles. The summed E-state index contributed by atoms with van der Waals surface area (Å²) >= 11 is 9.71. The number of rotatable bonds is 5. The van der Waals surface area contributed by atoms with E-state index in [0.717, 1.165) is 21.8 Å². The minimum absolute atomic E-state index is 0.108. The number of thioether (sulfide) groups is 1. The largest absolute Gasteiger partial charge is 0.548 e. The summed E-state index contributed by atoms with van der Waals surface area (Å²) in [4.78, 5) is 25.6. The lowest BCUT2D eigenvalue weighted by atomic mass is 10.0. The van der Waals surface area contributed by atoms with Crippen LogP contribution in [-0.4, -0.2) is 27.1 Å². The molecule has 4 nitrogen and oxygen atoms in total. The molecule has 0 saturated carbocycles. The van der Waals surface area contributed by atoms with Crippen LogP contribution in [-0.2, 0) is 9.59 Å². The van der Waals surface area contributed by atoms with Crippen molar-refractivity contribution in [1.82, 2.24) is 4.90 Å². The molecule has 1 saturated heterocycles. The van der Waals surface area contributed by atoms with Gasteiger partial charge in [0.25, 0.3) is 5.91 Å². The number of thiocarbonyl (C=S) groups is 1. The lowest BCUT2D eigenvalue weighted by molar-refractivity contribution is -0.310. The number of carbonyl (C=O) groups is 2. The molecule has 0 N–H and O–H groups in total. The quantitative estimate of drug-likeness (QED) is 0.549. The van der Waals surface area contributed by atoms with Crippen LogP contribution in [0.1, 0.15) is 25.8 Å². The normalized spacial score (nSPS) is 18.1. The number of halogens is 1. The highest BCUT2D eigenvalue weighted by molar-refractivity contribution is 9.10. The zero-order valence-electron chi connectivity index (χ0n) is 12.6. The number of nitrogens with zero attached hydrogens (tertiary/aromatic N) is 1. The van der Waals surface area contributed by atoms with Crippen molar-refractivity contribution >= 4 is 62.2 Å². The minimum atomic E-state index is -1.28. The molecule has 1 aliphatic rings. The lowest BCUT2D eigenvalue weighted by Crippen LogP contribution is -2.50. The fourth-order valence-corrected chi connectivity index (χ4v) is 4.02. The first kappa shape index (κ1) is 18.2. The Balaban J connectivity index is 2.30. The lowest BCUT2D eigenvalue weighted by Gasteiger charge is -2.28. The van der Waals surface area contributed by atoms with Gasteiger partial charge < -0.3 is 9.90 Å². The van der Waals surface area contributed by atoms with Crippen molar-refractivity contribution in [2.45, 2.75) is 26.3 Å². The predicted molar refractivity (Wildman–Crippen MR) is 97.4 cm³/mol. The van der Waals surface area contributed by atoms with Gasteiger partial charge >= 0.3 is 0 Å². The fraction of sp³-hybridized carbons (Fsp3) is 0.312. The third-order valence-corrected chi connectivity index (χ3v) is 5.07. The van der Waals surface area contributed by atoms with E-state index in [1.807, 2.05) is 38.1 Å². The van der Waals surface area contributed by atoms with Crippen LogP contribution >= 0.6 is 39.9 Å². The minimum Gasteiger partial charge on any atom is -0.548 e. The average Bonchev–Trinajstić information content (AvgIpc) is 2.71.